The molecule has 0 atom stereocenters. The quantitative estimate of drug-likeness (QED) is 0.150. The minimum Gasteiger partial charge on any atom is -0.309 e. The van der Waals surface area contributed by atoms with Crippen molar-refractivity contribution >= 4 is 71.2 Å². The van der Waals surface area contributed by atoms with Gasteiger partial charge in [-0.3, -0.25) is 9.78 Å². The lowest BCUT2D eigenvalue weighted by molar-refractivity contribution is 0.103. The van der Waals surface area contributed by atoms with Crippen molar-refractivity contribution in [2.24, 2.45) is 0 Å². The number of ketones is 1. The molecule has 65 heavy (non-hydrogen) atoms. The first kappa shape index (κ1) is 36.8. The van der Waals surface area contributed by atoms with Gasteiger partial charge in [-0.05, 0) is 71.3 Å². The number of pyridine rings is 1. The molecule has 0 saturated carbocycles. The summed E-state index contributed by atoms with van der Waals surface area (Å²) >= 11 is 0. The van der Waals surface area contributed by atoms with Gasteiger partial charge in [-0.25, -0.2) is 0 Å². The maximum absolute atomic E-state index is 14.0. The summed E-state index contributed by atoms with van der Waals surface area (Å²) in [6, 6.07) is 76.2. The first-order chi connectivity index (χ1) is 32.2. The molecule has 304 valence electrons. The molecule has 0 aliphatic carbocycles. The van der Waals surface area contributed by atoms with Crippen LogP contribution in [0, 0.1) is 0 Å². The Kier molecular flexibility index (Phi) is 8.30. The predicted molar refractivity (Wildman–Crippen MR) is 268 cm³/mol. The Morgan fingerprint density at radius 1 is 0.323 bits per heavy atom. The molecular weight excluding hydrogens is 793 g/mol. The van der Waals surface area contributed by atoms with Crippen LogP contribution in [0.15, 0.2) is 231 Å². The lowest BCUT2D eigenvalue weighted by atomic mass is 9.97. The molecule has 0 bridgehead atoms. The fourth-order valence-corrected chi connectivity index (χ4v) is 10.3. The Labute approximate surface area is 374 Å². The summed E-state index contributed by atoms with van der Waals surface area (Å²) in [6.45, 7) is 0. The summed E-state index contributed by atoms with van der Waals surface area (Å²) in [7, 11) is 0. The van der Waals surface area contributed by atoms with E-state index in [4.69, 9.17) is 4.98 Å². The number of hydrogen-bond donors (Lipinski definition) is 0. The normalized spacial score (nSPS) is 11.8. The van der Waals surface area contributed by atoms with Crippen LogP contribution in [0.4, 0.5) is 0 Å². The Hall–Kier alpha value is -8.80. The molecular formula is C60H38N4O. The zero-order chi connectivity index (χ0) is 43.0. The molecule has 0 aliphatic rings. The van der Waals surface area contributed by atoms with Gasteiger partial charge < -0.3 is 13.7 Å². The van der Waals surface area contributed by atoms with Gasteiger partial charge in [0.1, 0.15) is 0 Å². The number of para-hydroxylation sites is 5. The summed E-state index contributed by atoms with van der Waals surface area (Å²) in [5, 5.41) is 7.14. The fraction of sp³-hybridized carbons (Fsp3) is 0. The zero-order valence-electron chi connectivity index (χ0n) is 35.1. The van der Waals surface area contributed by atoms with Gasteiger partial charge in [-0.1, -0.05) is 164 Å². The third-order valence-electron chi connectivity index (χ3n) is 13.1. The van der Waals surface area contributed by atoms with E-state index in [0.29, 0.717) is 11.1 Å². The number of carbonyl (C=O) groups is 1. The molecule has 9 aromatic carbocycles. The number of rotatable bonds is 7. The van der Waals surface area contributed by atoms with Crippen molar-refractivity contribution in [3.05, 3.63) is 242 Å². The summed E-state index contributed by atoms with van der Waals surface area (Å²) in [5.74, 6) is -0.0214. The lowest BCUT2D eigenvalue weighted by Gasteiger charge is -2.15. The van der Waals surface area contributed by atoms with E-state index >= 15 is 0 Å². The molecule has 13 aromatic rings. The van der Waals surface area contributed by atoms with Crippen LogP contribution in [-0.2, 0) is 0 Å². The Morgan fingerprint density at radius 2 is 0.785 bits per heavy atom. The highest BCUT2D eigenvalue weighted by Crippen LogP contribution is 2.50. The average Bonchev–Trinajstić information content (AvgIpc) is 4.03. The number of nitrogens with zero attached hydrogens (tertiary/aromatic N) is 4. The standard InChI is InChI=1S/C60H38N4O/c65-60(41-33-31-40(32-34-41)39-17-4-1-5-18-39)43-20-16-19-42(35-43)44-36-47(38-61-37-44)64-53-30-15-12-27-50(53)56-57-54(48-25-10-13-28-51(48)62(57)45-21-6-2-7-22-45)55-49-26-11-14-29-52(49)63(58(55)59(56)64)46-23-8-3-9-24-46/h1-38H. The van der Waals surface area contributed by atoms with E-state index in [1.807, 2.05) is 73.1 Å². The molecule has 0 N–H and O–H groups in total. The van der Waals surface area contributed by atoms with Gasteiger partial charge in [-0.15, -0.1) is 0 Å². The van der Waals surface area contributed by atoms with Gasteiger partial charge in [0.25, 0.3) is 0 Å². The Bertz CT molecular complexity index is 3990. The highest BCUT2D eigenvalue weighted by molar-refractivity contribution is 6.40. The van der Waals surface area contributed by atoms with Crippen LogP contribution < -0.4 is 0 Å². The predicted octanol–water partition coefficient (Wildman–Crippen LogP) is 14.9. The van der Waals surface area contributed by atoms with Crippen LogP contribution in [0.25, 0.3) is 105 Å². The highest BCUT2D eigenvalue weighted by Gasteiger charge is 2.29. The van der Waals surface area contributed by atoms with E-state index in [2.05, 4.69) is 171 Å². The molecule has 0 fully saturated rings. The molecule has 0 spiro atoms. The topological polar surface area (TPSA) is 44.8 Å². The third kappa shape index (κ3) is 5.66. The third-order valence-corrected chi connectivity index (χ3v) is 13.1. The van der Waals surface area contributed by atoms with E-state index in [9.17, 15) is 4.79 Å². The van der Waals surface area contributed by atoms with Crippen molar-refractivity contribution < 1.29 is 4.79 Å². The van der Waals surface area contributed by atoms with E-state index in [-0.39, 0.29) is 5.78 Å². The molecule has 0 saturated heterocycles. The highest BCUT2D eigenvalue weighted by atomic mass is 16.1. The summed E-state index contributed by atoms with van der Waals surface area (Å²) < 4.78 is 7.33. The van der Waals surface area contributed by atoms with Crippen molar-refractivity contribution in [2.45, 2.75) is 0 Å². The van der Waals surface area contributed by atoms with E-state index in [0.717, 1.165) is 77.8 Å². The SMILES string of the molecule is O=C(c1ccc(-c2ccccc2)cc1)c1cccc(-c2cncc(-n3c4ccccc4c4c5c(c6ccccc6n5-c5ccccc5)c5c6ccccc6n(-c6ccccc6)c5c43)c2)c1. The molecule has 4 heterocycles. The summed E-state index contributed by atoms with van der Waals surface area (Å²) in [5.41, 5.74) is 15.2. The minimum atomic E-state index is -0.0214. The molecule has 0 aliphatic heterocycles. The number of hydrogen-bond acceptors (Lipinski definition) is 2. The largest absolute Gasteiger partial charge is 0.309 e. The van der Waals surface area contributed by atoms with Crippen molar-refractivity contribution in [3.8, 4) is 39.3 Å². The second-order valence-corrected chi connectivity index (χ2v) is 16.7. The number of aromatic nitrogens is 4. The fourth-order valence-electron chi connectivity index (χ4n) is 10.3. The van der Waals surface area contributed by atoms with Crippen LogP contribution in [0.3, 0.4) is 0 Å². The van der Waals surface area contributed by atoms with E-state index in [1.165, 1.54) is 26.9 Å². The van der Waals surface area contributed by atoms with Crippen molar-refractivity contribution in [1.29, 1.82) is 0 Å². The zero-order valence-corrected chi connectivity index (χ0v) is 35.1. The van der Waals surface area contributed by atoms with Gasteiger partial charge in [0.05, 0.1) is 45.0 Å². The second-order valence-electron chi connectivity index (χ2n) is 16.7. The molecule has 4 aromatic heterocycles. The smallest absolute Gasteiger partial charge is 0.193 e. The van der Waals surface area contributed by atoms with Gasteiger partial charge >= 0.3 is 0 Å². The van der Waals surface area contributed by atoms with Crippen LogP contribution in [0.1, 0.15) is 15.9 Å². The van der Waals surface area contributed by atoms with Crippen LogP contribution in [0.2, 0.25) is 0 Å². The maximum Gasteiger partial charge on any atom is 0.193 e. The Balaban J connectivity index is 1.10. The second kappa shape index (κ2) is 14.7. The molecule has 0 amide bonds. The number of carbonyl (C=O) groups excluding carboxylic acids is 1. The van der Waals surface area contributed by atoms with Gasteiger partial charge in [0.2, 0.25) is 0 Å². The molecule has 0 radical (unpaired) electrons. The van der Waals surface area contributed by atoms with Crippen molar-refractivity contribution in [2.75, 3.05) is 0 Å². The minimum absolute atomic E-state index is 0.0214. The van der Waals surface area contributed by atoms with Crippen molar-refractivity contribution in [3.63, 3.8) is 0 Å². The Morgan fingerprint density at radius 3 is 1.40 bits per heavy atom. The molecule has 13 rings (SSSR count). The summed E-state index contributed by atoms with van der Waals surface area (Å²) in [4.78, 5) is 19.0. The first-order valence-electron chi connectivity index (χ1n) is 22.0. The van der Waals surface area contributed by atoms with E-state index in [1.54, 1.807) is 0 Å². The lowest BCUT2D eigenvalue weighted by Crippen LogP contribution is -2.02. The average molecular weight is 831 g/mol. The van der Waals surface area contributed by atoms with Gasteiger partial charge in [0, 0.05) is 66.6 Å². The van der Waals surface area contributed by atoms with Crippen LogP contribution >= 0.6 is 0 Å². The summed E-state index contributed by atoms with van der Waals surface area (Å²) in [6.07, 6.45) is 3.87. The number of benzene rings is 9. The van der Waals surface area contributed by atoms with E-state index < -0.39 is 0 Å². The molecule has 0 unspecified atom stereocenters. The molecule has 5 nitrogen and oxygen atoms in total. The number of fused-ring (bicyclic) bond motifs is 12. The van der Waals surface area contributed by atoms with Gasteiger partial charge in [0.15, 0.2) is 5.78 Å². The van der Waals surface area contributed by atoms with Crippen LogP contribution in [0.5, 0.6) is 0 Å². The van der Waals surface area contributed by atoms with Crippen LogP contribution in [-0.4, -0.2) is 24.5 Å². The van der Waals surface area contributed by atoms with Gasteiger partial charge in [-0.2, -0.15) is 0 Å². The monoisotopic (exact) mass is 830 g/mol. The first-order valence-corrected chi connectivity index (χ1v) is 22.0. The maximum atomic E-state index is 14.0. The molecule has 5 heteroatoms. The van der Waals surface area contributed by atoms with Crippen molar-refractivity contribution in [1.82, 2.24) is 18.7 Å².